The Morgan fingerprint density at radius 2 is 1.91 bits per heavy atom. The smallest absolute Gasteiger partial charge is 0.264 e. The standard InChI is InChI=1S/C42H51FN6O8S/c1-6-25-22-42(25,40(53)49(58(54)55)27-12-13-27)46-38(51)35-19-29(24-48(35)39(52)31(41(2,3)4)20-37(50)47-17-9-10-26(43)23-47)57-36-21-34(32-11-7-8-16-44-32)45-33-18-28(56-5)14-15-30(33)36/h6-8,11,14-16,18,21,25-27,29,31,35H,1,9-10,12-13,17,19-20,22-24H2,2-5H3,(H,46,51)(H,54,55)/t25?,26?,29-,31-,35+,42-/m1/s1. The summed E-state index contributed by atoms with van der Waals surface area (Å²) in [4.78, 5) is 69.3. The Labute approximate surface area is 339 Å². The highest BCUT2D eigenvalue weighted by atomic mass is 32.2. The summed E-state index contributed by atoms with van der Waals surface area (Å²) in [6, 6.07) is 11.0. The van der Waals surface area contributed by atoms with Crippen molar-refractivity contribution in [3.63, 3.8) is 0 Å². The molecule has 2 N–H and O–H groups in total. The SMILES string of the molecule is C=CC1C[C@]1(NC(=O)[C@@H]1C[C@@H](Oc2cc(-c3ccccn3)nc3cc(OC)ccc23)CN1C(=O)[C@@H](CC(=O)N1CCCC(F)C1)C(C)(C)C)C(=O)N(C1CC1)S(=O)O. The first kappa shape index (κ1) is 41.2. The van der Waals surface area contributed by atoms with Crippen LogP contribution >= 0.6 is 0 Å². The lowest BCUT2D eigenvalue weighted by molar-refractivity contribution is -0.149. The lowest BCUT2D eigenvalue weighted by Gasteiger charge is -2.37. The van der Waals surface area contributed by atoms with Crippen molar-refractivity contribution in [3.05, 3.63) is 61.3 Å². The number of carbonyl (C=O) groups excluding carboxylic acids is 4. The first-order valence-corrected chi connectivity index (χ1v) is 20.9. The fourth-order valence-electron chi connectivity index (χ4n) is 8.21. The first-order valence-electron chi connectivity index (χ1n) is 19.8. The number of ether oxygens (including phenoxy) is 2. The van der Waals surface area contributed by atoms with Gasteiger partial charge in [-0.2, -0.15) is 0 Å². The quantitative estimate of drug-likeness (QED) is 0.180. The minimum atomic E-state index is -2.60. The third kappa shape index (κ3) is 8.44. The lowest BCUT2D eigenvalue weighted by Crippen LogP contribution is -2.57. The molecule has 4 fully saturated rings. The van der Waals surface area contributed by atoms with Crippen LogP contribution < -0.4 is 14.8 Å². The van der Waals surface area contributed by atoms with Crippen LogP contribution in [-0.4, -0.2) is 113 Å². The molecule has 310 valence electrons. The second kappa shape index (κ2) is 16.4. The maximum atomic E-state index is 14.9. The Hall–Kier alpha value is -4.96. The molecule has 7 atom stereocenters. The number of hydrogen-bond acceptors (Lipinski definition) is 9. The molecule has 2 aromatic heterocycles. The largest absolute Gasteiger partial charge is 0.497 e. The number of piperidine rings is 1. The monoisotopic (exact) mass is 818 g/mol. The van der Waals surface area contributed by atoms with Gasteiger partial charge in [0, 0.05) is 55.1 Å². The molecule has 16 heteroatoms. The Balaban J connectivity index is 1.22. The van der Waals surface area contributed by atoms with Crippen molar-refractivity contribution in [2.24, 2.45) is 17.3 Å². The minimum absolute atomic E-state index is 0.0260. The zero-order chi connectivity index (χ0) is 41.5. The lowest BCUT2D eigenvalue weighted by atomic mass is 9.77. The number of benzene rings is 1. The average Bonchev–Trinajstić information content (AvgIpc) is 4.12. The molecule has 1 aromatic carbocycles. The molecule has 7 rings (SSSR count). The van der Waals surface area contributed by atoms with Crippen LogP contribution in [0.4, 0.5) is 4.39 Å². The van der Waals surface area contributed by atoms with E-state index in [2.05, 4.69) is 16.9 Å². The predicted molar refractivity (Wildman–Crippen MR) is 214 cm³/mol. The molecule has 0 bridgehead atoms. The molecule has 2 aliphatic carbocycles. The van der Waals surface area contributed by atoms with Gasteiger partial charge in [-0.05, 0) is 61.8 Å². The predicted octanol–water partition coefficient (Wildman–Crippen LogP) is 4.86. The third-order valence-corrected chi connectivity index (χ3v) is 12.6. The highest BCUT2D eigenvalue weighted by Gasteiger charge is 2.64. The molecule has 2 saturated carbocycles. The fraction of sp³-hybridized carbons (Fsp3) is 0.524. The van der Waals surface area contributed by atoms with Crippen molar-refractivity contribution in [2.75, 3.05) is 26.7 Å². The molecule has 3 unspecified atom stereocenters. The Bertz CT molecular complexity index is 2110. The van der Waals surface area contributed by atoms with Crippen molar-refractivity contribution in [1.82, 2.24) is 29.4 Å². The molecule has 2 saturated heterocycles. The summed E-state index contributed by atoms with van der Waals surface area (Å²) in [7, 11) is 1.56. The van der Waals surface area contributed by atoms with Gasteiger partial charge in [0.15, 0.2) is 0 Å². The van der Waals surface area contributed by atoms with E-state index in [4.69, 9.17) is 14.5 Å². The number of carbonyl (C=O) groups is 4. The van der Waals surface area contributed by atoms with Crippen LogP contribution in [0.3, 0.4) is 0 Å². The first-order chi connectivity index (χ1) is 27.6. The van der Waals surface area contributed by atoms with Gasteiger partial charge in [-0.1, -0.05) is 32.9 Å². The fourth-order valence-corrected chi connectivity index (χ4v) is 8.98. The Morgan fingerprint density at radius 1 is 1.14 bits per heavy atom. The van der Waals surface area contributed by atoms with Crippen LogP contribution in [0.2, 0.25) is 0 Å². The topological polar surface area (TPSA) is 172 Å². The number of fused-ring (bicyclic) bond motifs is 1. The number of aromatic nitrogens is 2. The van der Waals surface area contributed by atoms with E-state index in [9.17, 15) is 32.3 Å². The van der Waals surface area contributed by atoms with Crippen molar-refractivity contribution in [1.29, 1.82) is 0 Å². The van der Waals surface area contributed by atoms with E-state index in [0.717, 1.165) is 4.31 Å². The van der Waals surface area contributed by atoms with Crippen molar-refractivity contribution in [3.8, 4) is 22.9 Å². The van der Waals surface area contributed by atoms with E-state index < -0.39 is 76.1 Å². The normalized spacial score (nSPS) is 25.4. The Morgan fingerprint density at radius 3 is 2.53 bits per heavy atom. The number of nitrogens with one attached hydrogen (secondary N) is 1. The number of methoxy groups -OCH3 is 1. The third-order valence-electron chi connectivity index (χ3n) is 11.8. The molecule has 4 aliphatic rings. The highest BCUT2D eigenvalue weighted by molar-refractivity contribution is 7.77. The van der Waals surface area contributed by atoms with E-state index in [0.29, 0.717) is 66.0 Å². The average molecular weight is 819 g/mol. The molecular weight excluding hydrogens is 768 g/mol. The van der Waals surface area contributed by atoms with Crippen molar-refractivity contribution >= 4 is 45.8 Å². The maximum Gasteiger partial charge on any atom is 0.264 e. The number of alkyl halides is 1. The summed E-state index contributed by atoms with van der Waals surface area (Å²) in [5.41, 5.74) is -0.552. The number of amides is 4. The van der Waals surface area contributed by atoms with Gasteiger partial charge < -0.3 is 24.6 Å². The number of likely N-dealkylation sites (tertiary alicyclic amines) is 2. The summed E-state index contributed by atoms with van der Waals surface area (Å²) in [6.45, 7) is 9.72. The van der Waals surface area contributed by atoms with Crippen molar-refractivity contribution < 1.29 is 41.8 Å². The van der Waals surface area contributed by atoms with E-state index in [1.54, 1.807) is 43.6 Å². The number of hydrogen-bond donors (Lipinski definition) is 2. The van der Waals surface area contributed by atoms with E-state index in [1.807, 2.05) is 39.0 Å². The number of rotatable bonds is 13. The summed E-state index contributed by atoms with van der Waals surface area (Å²) in [6.07, 6.45) is 3.40. The second-order valence-electron chi connectivity index (χ2n) is 16.9. The number of pyridine rings is 2. The molecule has 2 aliphatic heterocycles. The van der Waals surface area contributed by atoms with Gasteiger partial charge in [0.2, 0.25) is 17.7 Å². The van der Waals surface area contributed by atoms with E-state index in [-0.39, 0.29) is 38.3 Å². The number of halogens is 1. The van der Waals surface area contributed by atoms with Gasteiger partial charge in [0.05, 0.1) is 43.0 Å². The maximum absolute atomic E-state index is 14.9. The molecule has 0 spiro atoms. The zero-order valence-electron chi connectivity index (χ0n) is 33.3. The van der Waals surface area contributed by atoms with E-state index in [1.165, 1.54) is 9.80 Å². The zero-order valence-corrected chi connectivity index (χ0v) is 34.1. The van der Waals surface area contributed by atoms with Gasteiger partial charge in [-0.25, -0.2) is 17.9 Å². The summed E-state index contributed by atoms with van der Waals surface area (Å²) in [5, 5.41) is 3.56. The molecule has 58 heavy (non-hydrogen) atoms. The van der Waals surface area contributed by atoms with Crippen LogP contribution in [-0.2, 0) is 30.4 Å². The van der Waals surface area contributed by atoms with Gasteiger partial charge in [-0.3, -0.25) is 28.7 Å². The minimum Gasteiger partial charge on any atom is -0.497 e. The second-order valence-corrected chi connectivity index (χ2v) is 17.7. The van der Waals surface area contributed by atoms with Gasteiger partial charge in [0.1, 0.15) is 35.4 Å². The van der Waals surface area contributed by atoms with Crippen LogP contribution in [0, 0.1) is 17.3 Å². The highest BCUT2D eigenvalue weighted by Crippen LogP contribution is 2.48. The van der Waals surface area contributed by atoms with Gasteiger partial charge >= 0.3 is 0 Å². The van der Waals surface area contributed by atoms with Gasteiger partial charge in [-0.15, -0.1) is 6.58 Å². The molecule has 0 radical (unpaired) electrons. The van der Waals surface area contributed by atoms with Gasteiger partial charge in [0.25, 0.3) is 17.2 Å². The molecular formula is C42H51FN6O8S. The van der Waals surface area contributed by atoms with Crippen LogP contribution in [0.1, 0.15) is 65.7 Å². The summed E-state index contributed by atoms with van der Waals surface area (Å²) < 4.78 is 49.9. The Kier molecular flexibility index (Phi) is 11.6. The van der Waals surface area contributed by atoms with E-state index >= 15 is 0 Å². The molecule has 4 amide bonds. The van der Waals surface area contributed by atoms with Crippen LogP contribution in [0.15, 0.2) is 61.3 Å². The summed E-state index contributed by atoms with van der Waals surface area (Å²) >= 11 is -2.60. The van der Waals surface area contributed by atoms with Crippen LogP contribution in [0.25, 0.3) is 22.3 Å². The molecule has 4 heterocycles. The summed E-state index contributed by atoms with van der Waals surface area (Å²) in [5.74, 6) is -2.47. The number of nitrogens with zero attached hydrogens (tertiary/aromatic N) is 5. The molecule has 3 aromatic rings. The van der Waals surface area contributed by atoms with Crippen LogP contribution in [0.5, 0.6) is 11.5 Å². The van der Waals surface area contributed by atoms with Crippen molar-refractivity contribution in [2.45, 2.75) is 95.6 Å². The molecule has 14 nitrogen and oxygen atoms in total.